The fourth-order valence-electron chi connectivity index (χ4n) is 6.83. The molecule has 184 valence electrons. The molecule has 0 spiro atoms. The van der Waals surface area contributed by atoms with Gasteiger partial charge in [-0.15, -0.1) is 0 Å². The Hall–Kier alpha value is -4.68. The minimum atomic E-state index is 0.00859. The fourth-order valence-corrected chi connectivity index (χ4v) is 6.83. The van der Waals surface area contributed by atoms with Crippen LogP contribution in [0.3, 0.4) is 0 Å². The summed E-state index contributed by atoms with van der Waals surface area (Å²) in [5.74, 6) is 0. The maximum Gasteiger partial charge on any atom is 0.0159 e. The van der Waals surface area contributed by atoms with Crippen LogP contribution in [0.15, 0.2) is 133 Å². The van der Waals surface area contributed by atoms with Crippen LogP contribution < -0.4 is 0 Å². The monoisotopic (exact) mass is 496 g/mol. The van der Waals surface area contributed by atoms with Crippen LogP contribution in [0.25, 0.3) is 65.7 Å². The first-order chi connectivity index (χ1) is 19.1. The molecule has 0 radical (unpaired) electrons. The topological polar surface area (TPSA) is 0 Å². The SMILES string of the molecule is CC1(C)c2ccccc2-c2ccc(-c3ccc(-c4cc5c6ccccc6ccc5c5ccccc45)cc3)cc21. The highest BCUT2D eigenvalue weighted by Crippen LogP contribution is 2.49. The molecule has 0 atom stereocenters. The number of benzene rings is 7. The summed E-state index contributed by atoms with van der Waals surface area (Å²) in [6.45, 7) is 4.69. The maximum absolute atomic E-state index is 2.40. The normalized spacial score (nSPS) is 13.6. The maximum atomic E-state index is 2.40. The molecule has 1 aliphatic rings. The van der Waals surface area contributed by atoms with Gasteiger partial charge in [0.2, 0.25) is 0 Å². The first kappa shape index (κ1) is 22.3. The van der Waals surface area contributed by atoms with Crippen molar-refractivity contribution >= 4 is 32.3 Å². The quantitative estimate of drug-likeness (QED) is 0.209. The van der Waals surface area contributed by atoms with Gasteiger partial charge < -0.3 is 0 Å². The van der Waals surface area contributed by atoms with Gasteiger partial charge >= 0.3 is 0 Å². The van der Waals surface area contributed by atoms with Crippen molar-refractivity contribution < 1.29 is 0 Å². The van der Waals surface area contributed by atoms with Crippen molar-refractivity contribution in [1.29, 1.82) is 0 Å². The molecule has 0 N–H and O–H groups in total. The molecule has 39 heavy (non-hydrogen) atoms. The van der Waals surface area contributed by atoms with Crippen LogP contribution in [-0.2, 0) is 5.41 Å². The second-order valence-corrected chi connectivity index (χ2v) is 11.4. The number of hydrogen-bond acceptors (Lipinski definition) is 0. The average molecular weight is 497 g/mol. The zero-order chi connectivity index (χ0) is 26.1. The third-order valence-corrected chi connectivity index (χ3v) is 8.88. The molecule has 0 heterocycles. The van der Waals surface area contributed by atoms with Crippen molar-refractivity contribution in [2.24, 2.45) is 0 Å². The molecule has 0 aromatic heterocycles. The van der Waals surface area contributed by atoms with Gasteiger partial charge in [0, 0.05) is 5.41 Å². The smallest absolute Gasteiger partial charge is 0.0159 e. The summed E-state index contributed by atoms with van der Waals surface area (Å²) in [4.78, 5) is 0. The van der Waals surface area contributed by atoms with Crippen LogP contribution in [0.4, 0.5) is 0 Å². The minimum Gasteiger partial charge on any atom is -0.0619 e. The van der Waals surface area contributed by atoms with Crippen molar-refractivity contribution in [1.82, 2.24) is 0 Å². The zero-order valence-electron chi connectivity index (χ0n) is 22.2. The molecule has 7 aromatic carbocycles. The highest BCUT2D eigenvalue weighted by atomic mass is 14.4. The van der Waals surface area contributed by atoms with Crippen LogP contribution in [0.1, 0.15) is 25.0 Å². The molecule has 0 nitrogen and oxygen atoms in total. The molecule has 0 fully saturated rings. The summed E-state index contributed by atoms with van der Waals surface area (Å²) in [6, 6.07) is 49.4. The van der Waals surface area contributed by atoms with Crippen LogP contribution >= 0.6 is 0 Å². The molecule has 0 heteroatoms. The Labute approximate surface area is 229 Å². The second-order valence-electron chi connectivity index (χ2n) is 11.4. The highest BCUT2D eigenvalue weighted by Gasteiger charge is 2.35. The van der Waals surface area contributed by atoms with Crippen LogP contribution in [-0.4, -0.2) is 0 Å². The minimum absolute atomic E-state index is 0.00859. The van der Waals surface area contributed by atoms with E-state index < -0.39 is 0 Å². The van der Waals surface area contributed by atoms with Crippen molar-refractivity contribution in [3.63, 3.8) is 0 Å². The lowest BCUT2D eigenvalue weighted by atomic mass is 9.81. The predicted octanol–water partition coefficient (Wildman–Crippen LogP) is 10.8. The van der Waals surface area contributed by atoms with Crippen molar-refractivity contribution in [3.05, 3.63) is 145 Å². The van der Waals surface area contributed by atoms with E-state index in [1.807, 2.05) is 0 Å². The molecule has 7 aromatic rings. The number of rotatable bonds is 2. The summed E-state index contributed by atoms with van der Waals surface area (Å²) < 4.78 is 0. The van der Waals surface area contributed by atoms with Gasteiger partial charge in [0.05, 0.1) is 0 Å². The molecular weight excluding hydrogens is 468 g/mol. The van der Waals surface area contributed by atoms with Crippen LogP contribution in [0, 0.1) is 0 Å². The molecule has 1 aliphatic carbocycles. The Morgan fingerprint density at radius 1 is 0.359 bits per heavy atom. The van der Waals surface area contributed by atoms with E-state index in [-0.39, 0.29) is 5.41 Å². The van der Waals surface area contributed by atoms with E-state index in [1.165, 1.54) is 76.8 Å². The van der Waals surface area contributed by atoms with Crippen LogP contribution in [0.2, 0.25) is 0 Å². The van der Waals surface area contributed by atoms with E-state index in [9.17, 15) is 0 Å². The van der Waals surface area contributed by atoms with E-state index in [0.717, 1.165) is 0 Å². The van der Waals surface area contributed by atoms with E-state index in [4.69, 9.17) is 0 Å². The van der Waals surface area contributed by atoms with Gasteiger partial charge in [0.25, 0.3) is 0 Å². The van der Waals surface area contributed by atoms with Crippen molar-refractivity contribution in [2.75, 3.05) is 0 Å². The Bertz CT molecular complexity index is 2070. The Morgan fingerprint density at radius 3 is 1.82 bits per heavy atom. The van der Waals surface area contributed by atoms with Crippen molar-refractivity contribution in [2.45, 2.75) is 19.3 Å². The Morgan fingerprint density at radius 2 is 0.974 bits per heavy atom. The van der Waals surface area contributed by atoms with Gasteiger partial charge in [0.1, 0.15) is 0 Å². The molecule has 0 aliphatic heterocycles. The first-order valence-electron chi connectivity index (χ1n) is 13.8. The summed E-state index contributed by atoms with van der Waals surface area (Å²) in [5, 5.41) is 7.81. The average Bonchev–Trinajstić information content (AvgIpc) is 3.22. The standard InChI is InChI=1S/C39H28/c1-39(2)37-14-8-7-13-33(37)34-22-20-28(23-38(34)39)25-15-17-27(18-16-25)35-24-36-29-10-4-3-9-26(29)19-21-32(36)30-11-5-6-12-31(30)35/h3-24H,1-2H3. The predicted molar refractivity (Wildman–Crippen MR) is 167 cm³/mol. The summed E-state index contributed by atoms with van der Waals surface area (Å²) in [6.07, 6.45) is 0. The number of hydrogen-bond donors (Lipinski definition) is 0. The Kier molecular flexibility index (Phi) is 4.67. The largest absolute Gasteiger partial charge is 0.0619 e. The van der Waals surface area contributed by atoms with Gasteiger partial charge in [-0.25, -0.2) is 0 Å². The summed E-state index contributed by atoms with van der Waals surface area (Å²) in [5.41, 5.74) is 10.6. The summed E-state index contributed by atoms with van der Waals surface area (Å²) >= 11 is 0. The second kappa shape index (κ2) is 8.16. The fraction of sp³-hybridized carbons (Fsp3) is 0.0769. The van der Waals surface area contributed by atoms with E-state index in [2.05, 4.69) is 147 Å². The Balaban J connectivity index is 1.26. The lowest BCUT2D eigenvalue weighted by molar-refractivity contribution is 0.660. The van der Waals surface area contributed by atoms with Crippen LogP contribution in [0.5, 0.6) is 0 Å². The molecule has 0 bridgehead atoms. The van der Waals surface area contributed by atoms with E-state index in [1.54, 1.807) is 0 Å². The number of fused-ring (bicyclic) bond motifs is 8. The molecule has 0 amide bonds. The molecular formula is C39H28. The van der Waals surface area contributed by atoms with Gasteiger partial charge in [-0.05, 0) is 89.0 Å². The first-order valence-corrected chi connectivity index (χ1v) is 13.8. The van der Waals surface area contributed by atoms with Gasteiger partial charge in [0.15, 0.2) is 0 Å². The molecule has 0 saturated heterocycles. The molecule has 0 unspecified atom stereocenters. The third kappa shape index (κ3) is 3.25. The highest BCUT2D eigenvalue weighted by molar-refractivity contribution is 6.20. The van der Waals surface area contributed by atoms with E-state index >= 15 is 0 Å². The molecule has 0 saturated carbocycles. The zero-order valence-corrected chi connectivity index (χ0v) is 22.2. The van der Waals surface area contributed by atoms with E-state index in [0.29, 0.717) is 0 Å². The molecule has 8 rings (SSSR count). The van der Waals surface area contributed by atoms with Gasteiger partial charge in [-0.1, -0.05) is 135 Å². The van der Waals surface area contributed by atoms with Gasteiger partial charge in [-0.3, -0.25) is 0 Å². The lowest BCUT2D eigenvalue weighted by Crippen LogP contribution is -2.14. The lowest BCUT2D eigenvalue weighted by Gasteiger charge is -2.22. The summed E-state index contributed by atoms with van der Waals surface area (Å²) in [7, 11) is 0. The van der Waals surface area contributed by atoms with Crippen molar-refractivity contribution in [3.8, 4) is 33.4 Å². The van der Waals surface area contributed by atoms with Gasteiger partial charge in [-0.2, -0.15) is 0 Å². The third-order valence-electron chi connectivity index (χ3n) is 8.88.